The zero-order valence-electron chi connectivity index (χ0n) is 12.0. The number of benzene rings is 1. The second-order valence-electron chi connectivity index (χ2n) is 6.08. The number of carbonyl (C=O) groups excluding carboxylic acids is 1. The Morgan fingerprint density at radius 1 is 1.38 bits per heavy atom. The van der Waals surface area contributed by atoms with E-state index in [-0.39, 0.29) is 23.5 Å². The first-order valence-electron chi connectivity index (χ1n) is 6.97. The molecule has 2 N–H and O–H groups in total. The van der Waals surface area contributed by atoms with Crippen LogP contribution in [-0.4, -0.2) is 36.4 Å². The van der Waals surface area contributed by atoms with Crippen LogP contribution in [0, 0.1) is 5.41 Å². The van der Waals surface area contributed by atoms with Crippen LogP contribution in [0.1, 0.15) is 30.6 Å². The molecule has 0 aromatic heterocycles. The second-order valence-corrected chi connectivity index (χ2v) is 6.49. The number of aliphatic hydroxyl groups is 1. The first-order valence-corrected chi connectivity index (χ1v) is 7.35. The molecule has 2 atom stereocenters. The molecule has 114 valence electrons. The smallest absolute Gasteiger partial charge is 0.251 e. The van der Waals surface area contributed by atoms with Gasteiger partial charge in [-0.15, -0.1) is 0 Å². The molecule has 1 heterocycles. The lowest BCUT2D eigenvalue weighted by molar-refractivity contribution is -0.0689. The molecule has 1 amide bonds. The summed E-state index contributed by atoms with van der Waals surface area (Å²) in [6.07, 6.45) is 0.184. The van der Waals surface area contributed by atoms with Crippen molar-refractivity contribution in [3.63, 3.8) is 0 Å². The van der Waals surface area contributed by atoms with E-state index < -0.39 is 0 Å². The van der Waals surface area contributed by atoms with Crippen LogP contribution in [0.15, 0.2) is 12.1 Å². The first-order chi connectivity index (χ1) is 9.89. The topological polar surface area (TPSA) is 67.8 Å². The fourth-order valence-corrected chi connectivity index (χ4v) is 2.90. The summed E-state index contributed by atoms with van der Waals surface area (Å²) in [5.41, 5.74) is 0.120. The van der Waals surface area contributed by atoms with E-state index in [1.165, 1.54) is 0 Å². The lowest BCUT2D eigenvalue weighted by Gasteiger charge is -2.49. The first kappa shape index (κ1) is 14.5. The van der Waals surface area contributed by atoms with Gasteiger partial charge < -0.3 is 19.9 Å². The number of hydrogen-bond acceptors (Lipinski definition) is 4. The molecule has 0 saturated heterocycles. The predicted molar refractivity (Wildman–Crippen MR) is 78.1 cm³/mol. The van der Waals surface area contributed by atoms with E-state index >= 15 is 0 Å². The minimum absolute atomic E-state index is 0.0491. The summed E-state index contributed by atoms with van der Waals surface area (Å²) in [6.45, 7) is 4.76. The molecule has 1 aromatic carbocycles. The van der Waals surface area contributed by atoms with Crippen LogP contribution in [0.25, 0.3) is 0 Å². The van der Waals surface area contributed by atoms with E-state index in [9.17, 15) is 9.90 Å². The molecule has 2 aliphatic rings. The number of ether oxygens (including phenoxy) is 2. The molecule has 6 heteroatoms. The van der Waals surface area contributed by atoms with Gasteiger partial charge >= 0.3 is 0 Å². The molecule has 1 aliphatic heterocycles. The van der Waals surface area contributed by atoms with Crippen molar-refractivity contribution in [2.24, 2.45) is 5.41 Å². The van der Waals surface area contributed by atoms with Gasteiger partial charge in [-0.1, -0.05) is 25.4 Å². The van der Waals surface area contributed by atoms with Gasteiger partial charge in [0, 0.05) is 17.0 Å². The van der Waals surface area contributed by atoms with E-state index in [1.807, 2.05) is 13.8 Å². The standard InChI is InChI=1S/C15H18ClNO4/c1-15(2)11(7-12(15)18)17-14(19)8-5-9(16)13-10(6-8)20-3-4-21-13/h5-6,11-12,18H,3-4,7H2,1-2H3,(H,17,19). The molecule has 1 fully saturated rings. The zero-order chi connectivity index (χ0) is 15.2. The van der Waals surface area contributed by atoms with Crippen LogP contribution in [0.2, 0.25) is 5.02 Å². The van der Waals surface area contributed by atoms with Gasteiger partial charge in [0.1, 0.15) is 13.2 Å². The van der Waals surface area contributed by atoms with Crippen molar-refractivity contribution in [2.75, 3.05) is 13.2 Å². The monoisotopic (exact) mass is 311 g/mol. The second kappa shape index (κ2) is 5.07. The van der Waals surface area contributed by atoms with Crippen LogP contribution in [0.3, 0.4) is 0 Å². The highest BCUT2D eigenvalue weighted by Crippen LogP contribution is 2.41. The number of amides is 1. The molecular formula is C15H18ClNO4. The average Bonchev–Trinajstić information content (AvgIpc) is 2.46. The molecule has 1 aliphatic carbocycles. The number of hydrogen-bond donors (Lipinski definition) is 2. The van der Waals surface area contributed by atoms with Crippen molar-refractivity contribution in [1.82, 2.24) is 5.32 Å². The van der Waals surface area contributed by atoms with Crippen LogP contribution < -0.4 is 14.8 Å². The van der Waals surface area contributed by atoms with Crippen LogP contribution in [0.4, 0.5) is 0 Å². The maximum absolute atomic E-state index is 12.3. The lowest BCUT2D eigenvalue weighted by atomic mass is 9.64. The van der Waals surface area contributed by atoms with E-state index in [0.29, 0.717) is 41.7 Å². The third-order valence-electron chi connectivity index (χ3n) is 4.38. The van der Waals surface area contributed by atoms with Crippen molar-refractivity contribution in [1.29, 1.82) is 0 Å². The fraction of sp³-hybridized carbons (Fsp3) is 0.533. The molecule has 1 aromatic rings. The van der Waals surface area contributed by atoms with Gasteiger partial charge in [0.25, 0.3) is 5.91 Å². The summed E-state index contributed by atoms with van der Waals surface area (Å²) >= 11 is 6.13. The normalized spacial score (nSPS) is 25.9. The number of nitrogens with one attached hydrogen (secondary N) is 1. The largest absolute Gasteiger partial charge is 0.486 e. The summed E-state index contributed by atoms with van der Waals surface area (Å²) in [6, 6.07) is 3.16. The van der Waals surface area contributed by atoms with Gasteiger partial charge in [-0.3, -0.25) is 4.79 Å². The summed E-state index contributed by atoms with van der Waals surface area (Å²) in [7, 11) is 0. The Kier molecular flexibility index (Phi) is 3.50. The molecule has 2 unspecified atom stereocenters. The summed E-state index contributed by atoms with van der Waals surface area (Å²) in [4.78, 5) is 12.3. The highest BCUT2D eigenvalue weighted by atomic mass is 35.5. The van der Waals surface area contributed by atoms with Gasteiger partial charge in [0.15, 0.2) is 11.5 Å². The van der Waals surface area contributed by atoms with E-state index in [1.54, 1.807) is 12.1 Å². The van der Waals surface area contributed by atoms with Gasteiger partial charge in [0.05, 0.1) is 11.1 Å². The SMILES string of the molecule is CC1(C)C(O)CC1NC(=O)c1cc(Cl)c2c(c1)OCCO2. The molecule has 0 bridgehead atoms. The quantitative estimate of drug-likeness (QED) is 0.876. The van der Waals surface area contributed by atoms with Gasteiger partial charge in [-0.25, -0.2) is 0 Å². The Bertz CT molecular complexity index is 587. The van der Waals surface area contributed by atoms with E-state index in [0.717, 1.165) is 0 Å². The molecule has 0 radical (unpaired) electrons. The molecule has 3 rings (SSSR count). The number of aliphatic hydroxyl groups excluding tert-OH is 1. The van der Waals surface area contributed by atoms with Crippen LogP contribution in [-0.2, 0) is 0 Å². The third kappa shape index (κ3) is 2.45. The number of fused-ring (bicyclic) bond motifs is 1. The van der Waals surface area contributed by atoms with Crippen molar-refractivity contribution in [3.05, 3.63) is 22.7 Å². The van der Waals surface area contributed by atoms with Crippen LogP contribution in [0.5, 0.6) is 11.5 Å². The minimum Gasteiger partial charge on any atom is -0.486 e. The molecule has 5 nitrogen and oxygen atoms in total. The van der Waals surface area contributed by atoms with Gasteiger partial charge in [-0.05, 0) is 18.6 Å². The lowest BCUT2D eigenvalue weighted by Crippen LogP contribution is -2.61. The average molecular weight is 312 g/mol. The molecule has 1 saturated carbocycles. The summed E-state index contributed by atoms with van der Waals surface area (Å²) in [5.74, 6) is 0.754. The Labute approximate surface area is 128 Å². The van der Waals surface area contributed by atoms with Gasteiger partial charge in [-0.2, -0.15) is 0 Å². The summed E-state index contributed by atoms with van der Waals surface area (Å²) < 4.78 is 10.9. The number of halogens is 1. The number of carbonyl (C=O) groups is 1. The van der Waals surface area contributed by atoms with Crippen LogP contribution >= 0.6 is 11.6 Å². The zero-order valence-corrected chi connectivity index (χ0v) is 12.7. The van der Waals surface area contributed by atoms with Crippen molar-refractivity contribution >= 4 is 17.5 Å². The third-order valence-corrected chi connectivity index (χ3v) is 4.66. The highest BCUT2D eigenvalue weighted by Gasteiger charge is 2.48. The molecule has 0 spiro atoms. The Morgan fingerprint density at radius 3 is 2.76 bits per heavy atom. The maximum Gasteiger partial charge on any atom is 0.251 e. The minimum atomic E-state index is -0.383. The predicted octanol–water partition coefficient (Wildman–Crippen LogP) is 2.00. The van der Waals surface area contributed by atoms with E-state index in [2.05, 4.69) is 5.32 Å². The maximum atomic E-state index is 12.3. The van der Waals surface area contributed by atoms with Crippen molar-refractivity contribution in [3.8, 4) is 11.5 Å². The molecular weight excluding hydrogens is 294 g/mol. The summed E-state index contributed by atoms with van der Waals surface area (Å²) in [5, 5.41) is 13.0. The van der Waals surface area contributed by atoms with Gasteiger partial charge in [0.2, 0.25) is 0 Å². The Hall–Kier alpha value is -1.46. The van der Waals surface area contributed by atoms with Crippen molar-refractivity contribution < 1.29 is 19.4 Å². The highest BCUT2D eigenvalue weighted by molar-refractivity contribution is 6.32. The Morgan fingerprint density at radius 2 is 2.10 bits per heavy atom. The van der Waals surface area contributed by atoms with Crippen molar-refractivity contribution in [2.45, 2.75) is 32.4 Å². The van der Waals surface area contributed by atoms with E-state index in [4.69, 9.17) is 21.1 Å². The Balaban J connectivity index is 1.78. The number of rotatable bonds is 2. The fourth-order valence-electron chi connectivity index (χ4n) is 2.63. The molecule has 21 heavy (non-hydrogen) atoms.